The number of imidazole rings is 1. The van der Waals surface area contributed by atoms with E-state index in [4.69, 9.17) is 14.2 Å². The summed E-state index contributed by atoms with van der Waals surface area (Å²) in [5, 5.41) is 0. The molecule has 1 atom stereocenters. The fraction of sp³-hybridized carbons (Fsp3) is 0.176. The van der Waals surface area contributed by atoms with Gasteiger partial charge in [0.15, 0.2) is 5.78 Å². The topological polar surface area (TPSA) is 62.6 Å². The minimum atomic E-state index is -0.249. The number of ketones is 1. The van der Waals surface area contributed by atoms with E-state index in [1.54, 1.807) is 12.5 Å². The zero-order valence-corrected chi connectivity index (χ0v) is 22.1. The van der Waals surface area contributed by atoms with E-state index in [2.05, 4.69) is 17.1 Å². The Kier molecular flexibility index (Phi) is 7.57. The Bertz CT molecular complexity index is 1550. The van der Waals surface area contributed by atoms with Crippen molar-refractivity contribution in [2.75, 3.05) is 0 Å². The molecule has 0 radical (unpaired) electrons. The summed E-state index contributed by atoms with van der Waals surface area (Å²) >= 11 is 0. The van der Waals surface area contributed by atoms with Crippen LogP contribution in [0.4, 0.5) is 0 Å². The van der Waals surface area contributed by atoms with Crippen LogP contribution in [0.25, 0.3) is 0 Å². The van der Waals surface area contributed by atoms with Crippen LogP contribution in [0.3, 0.4) is 0 Å². The first-order chi connectivity index (χ1) is 19.7. The van der Waals surface area contributed by atoms with Crippen LogP contribution in [-0.2, 0) is 19.6 Å². The van der Waals surface area contributed by atoms with Crippen LogP contribution in [0.5, 0.6) is 23.0 Å². The van der Waals surface area contributed by atoms with Gasteiger partial charge in [-0.2, -0.15) is 0 Å². The third-order valence-corrected chi connectivity index (χ3v) is 7.08. The maximum atomic E-state index is 12.8. The fourth-order valence-corrected chi connectivity index (χ4v) is 5.05. The highest BCUT2D eigenvalue weighted by atomic mass is 16.5. The molecule has 6 nitrogen and oxygen atoms in total. The number of hydrogen-bond acceptors (Lipinski definition) is 5. The predicted octanol–water partition coefficient (Wildman–Crippen LogP) is 7.59. The highest BCUT2D eigenvalue weighted by Crippen LogP contribution is 2.35. The van der Waals surface area contributed by atoms with E-state index < -0.39 is 0 Å². The van der Waals surface area contributed by atoms with Crippen molar-refractivity contribution in [2.45, 2.75) is 38.5 Å². The molecule has 1 aliphatic rings. The summed E-state index contributed by atoms with van der Waals surface area (Å²) in [6.07, 6.45) is 7.45. The summed E-state index contributed by atoms with van der Waals surface area (Å²) in [5.41, 5.74) is 3.77. The molecule has 6 heteroatoms. The minimum absolute atomic E-state index is 0.175. The van der Waals surface area contributed by atoms with Crippen LogP contribution in [0, 0.1) is 0 Å². The van der Waals surface area contributed by atoms with Crippen molar-refractivity contribution in [3.05, 3.63) is 138 Å². The van der Waals surface area contributed by atoms with Gasteiger partial charge in [0.2, 0.25) is 0 Å². The molecule has 5 aromatic rings. The molecule has 200 valence electrons. The molecule has 1 aromatic heterocycles. The van der Waals surface area contributed by atoms with Crippen LogP contribution < -0.4 is 14.2 Å². The van der Waals surface area contributed by atoms with Gasteiger partial charge in [0.1, 0.15) is 35.7 Å². The summed E-state index contributed by atoms with van der Waals surface area (Å²) in [5.74, 6) is 3.13. The third kappa shape index (κ3) is 5.91. The van der Waals surface area contributed by atoms with E-state index in [1.807, 2.05) is 95.7 Å². The Balaban J connectivity index is 1.26. The molecule has 0 amide bonds. The van der Waals surface area contributed by atoms with Crippen molar-refractivity contribution in [3.8, 4) is 23.0 Å². The second kappa shape index (κ2) is 11.9. The van der Waals surface area contributed by atoms with E-state index in [0.717, 1.165) is 52.3 Å². The second-order valence-corrected chi connectivity index (χ2v) is 9.80. The first kappa shape index (κ1) is 25.4. The summed E-state index contributed by atoms with van der Waals surface area (Å²) in [7, 11) is 0. The maximum absolute atomic E-state index is 12.8. The summed E-state index contributed by atoms with van der Waals surface area (Å²) in [4.78, 5) is 17.0. The Morgan fingerprint density at radius 2 is 1.52 bits per heavy atom. The van der Waals surface area contributed by atoms with E-state index in [0.29, 0.717) is 18.7 Å². The number of para-hydroxylation sites is 1. The largest absolute Gasteiger partial charge is 0.489 e. The van der Waals surface area contributed by atoms with E-state index in [1.165, 1.54) is 0 Å². The number of aromatic nitrogens is 2. The molecule has 40 heavy (non-hydrogen) atoms. The van der Waals surface area contributed by atoms with Crippen molar-refractivity contribution in [1.82, 2.24) is 9.55 Å². The number of Topliss-reactive ketones (excluding diaryl/α,β-unsaturated/α-hetero) is 1. The van der Waals surface area contributed by atoms with Gasteiger partial charge in [-0.3, -0.25) is 4.79 Å². The highest BCUT2D eigenvalue weighted by molar-refractivity contribution is 5.99. The molecule has 0 aliphatic heterocycles. The monoisotopic (exact) mass is 530 g/mol. The summed E-state index contributed by atoms with van der Waals surface area (Å²) < 4.78 is 20.9. The summed E-state index contributed by atoms with van der Waals surface area (Å²) in [6, 6.07) is 31.2. The zero-order valence-electron chi connectivity index (χ0n) is 22.1. The number of carbonyl (C=O) groups is 1. The minimum Gasteiger partial charge on any atom is -0.489 e. The first-order valence-corrected chi connectivity index (χ1v) is 13.5. The average Bonchev–Trinajstić information content (AvgIpc) is 3.51. The van der Waals surface area contributed by atoms with Crippen molar-refractivity contribution in [1.29, 1.82) is 0 Å². The van der Waals surface area contributed by atoms with E-state index in [-0.39, 0.29) is 18.5 Å². The van der Waals surface area contributed by atoms with Gasteiger partial charge in [-0.05, 0) is 72.5 Å². The first-order valence-electron chi connectivity index (χ1n) is 13.5. The number of fused-ring (bicyclic) bond motifs is 1. The SMILES string of the molecule is O=C1CCCc2c1ccc(OC(Cn1ccnc1)c1ccccc1)c2COc1ccc(Oc2ccccc2)cc1. The Labute approximate surface area is 233 Å². The number of rotatable bonds is 10. The number of carbonyl (C=O) groups excluding carboxylic acids is 1. The number of benzene rings is 4. The van der Waals surface area contributed by atoms with E-state index >= 15 is 0 Å². The fourth-order valence-electron chi connectivity index (χ4n) is 5.05. The van der Waals surface area contributed by atoms with Crippen molar-refractivity contribution >= 4 is 5.78 Å². The van der Waals surface area contributed by atoms with Gasteiger partial charge >= 0.3 is 0 Å². The lowest BCUT2D eigenvalue weighted by Crippen LogP contribution is -2.19. The molecule has 1 aliphatic carbocycles. The predicted molar refractivity (Wildman–Crippen MR) is 153 cm³/mol. The molecule has 0 saturated carbocycles. The second-order valence-electron chi connectivity index (χ2n) is 9.80. The lowest BCUT2D eigenvalue weighted by molar-refractivity contribution is 0.0971. The molecule has 6 rings (SSSR count). The van der Waals surface area contributed by atoms with Gasteiger partial charge in [-0.25, -0.2) is 4.98 Å². The molecule has 1 unspecified atom stereocenters. The zero-order chi connectivity index (χ0) is 27.1. The van der Waals surface area contributed by atoms with Gasteiger partial charge in [0.05, 0.1) is 12.9 Å². The molecular formula is C34H30N2O4. The summed E-state index contributed by atoms with van der Waals surface area (Å²) in [6.45, 7) is 0.889. The Hall–Kier alpha value is -4.84. The third-order valence-electron chi connectivity index (χ3n) is 7.08. The van der Waals surface area contributed by atoms with Gasteiger partial charge in [-0.15, -0.1) is 0 Å². The molecule has 0 spiro atoms. The molecule has 4 aromatic carbocycles. The number of hydrogen-bond donors (Lipinski definition) is 0. The standard InChI is InChI=1S/C34H30N2O4/c37-32-13-7-12-29-30(32)18-19-33(40-34(22-36-21-20-35-24-36)25-8-3-1-4-9-25)31(29)23-38-26-14-16-28(17-15-26)39-27-10-5-2-6-11-27/h1-6,8-11,14-21,24,34H,7,12-13,22-23H2. The molecular weight excluding hydrogens is 500 g/mol. The molecule has 1 heterocycles. The van der Waals surface area contributed by atoms with Gasteiger partial charge in [-0.1, -0.05) is 48.5 Å². The van der Waals surface area contributed by atoms with Gasteiger partial charge in [0.25, 0.3) is 0 Å². The van der Waals surface area contributed by atoms with Crippen LogP contribution in [0.2, 0.25) is 0 Å². The van der Waals surface area contributed by atoms with Crippen LogP contribution in [0.1, 0.15) is 46.0 Å². The average molecular weight is 531 g/mol. The molecule has 0 fully saturated rings. The Morgan fingerprint density at radius 1 is 0.800 bits per heavy atom. The van der Waals surface area contributed by atoms with Gasteiger partial charge in [0, 0.05) is 29.9 Å². The van der Waals surface area contributed by atoms with Crippen molar-refractivity contribution in [3.63, 3.8) is 0 Å². The van der Waals surface area contributed by atoms with Crippen LogP contribution in [-0.4, -0.2) is 15.3 Å². The van der Waals surface area contributed by atoms with Crippen LogP contribution >= 0.6 is 0 Å². The quantitative estimate of drug-likeness (QED) is 0.186. The highest BCUT2D eigenvalue weighted by Gasteiger charge is 2.25. The lowest BCUT2D eigenvalue weighted by Gasteiger charge is -2.26. The van der Waals surface area contributed by atoms with Crippen LogP contribution in [0.15, 0.2) is 116 Å². The smallest absolute Gasteiger partial charge is 0.163 e. The van der Waals surface area contributed by atoms with Crippen molar-refractivity contribution < 1.29 is 19.0 Å². The van der Waals surface area contributed by atoms with E-state index in [9.17, 15) is 4.79 Å². The Morgan fingerprint density at radius 3 is 2.27 bits per heavy atom. The molecule has 0 bridgehead atoms. The molecule has 0 saturated heterocycles. The molecule has 0 N–H and O–H groups in total. The lowest BCUT2D eigenvalue weighted by atomic mass is 9.87. The maximum Gasteiger partial charge on any atom is 0.163 e. The van der Waals surface area contributed by atoms with Gasteiger partial charge < -0.3 is 18.8 Å². The number of ether oxygens (including phenoxy) is 3. The normalized spacial score (nSPS) is 13.3. The van der Waals surface area contributed by atoms with Crippen molar-refractivity contribution in [2.24, 2.45) is 0 Å². The number of nitrogens with zero attached hydrogens (tertiary/aromatic N) is 2.